The highest BCUT2D eigenvalue weighted by Gasteiger charge is 2.62. The molecule has 0 bridgehead atoms. The maximum Gasteiger partial charge on any atom is 0.289 e. The van der Waals surface area contributed by atoms with Crippen LogP contribution in [-0.4, -0.2) is 36.8 Å². The van der Waals surface area contributed by atoms with Crippen LogP contribution >= 0.6 is 0 Å². The standard InChI is InChI=1S/C19H15NO6S/c21-15-9-12-7-8-19(12,15)10-27(24,25)26-20-17(22)13-5-1-3-11-4-2-6-14(16(11)13)18(20)23/h1-6,12H,7-10H2/t12-,19?/m1/s1. The Bertz CT molecular complexity index is 1100. The summed E-state index contributed by atoms with van der Waals surface area (Å²) in [6.07, 6.45) is 1.72. The Balaban J connectivity index is 1.49. The van der Waals surface area contributed by atoms with Crippen molar-refractivity contribution in [2.45, 2.75) is 19.3 Å². The minimum Gasteiger partial charge on any atom is -0.299 e. The maximum atomic E-state index is 12.7. The predicted octanol–water partition coefficient (Wildman–Crippen LogP) is 2.07. The first-order chi connectivity index (χ1) is 12.8. The first-order valence-electron chi connectivity index (χ1n) is 8.68. The maximum absolute atomic E-state index is 12.7. The van der Waals surface area contributed by atoms with Crippen molar-refractivity contribution in [1.29, 1.82) is 0 Å². The number of hydroxylamine groups is 2. The van der Waals surface area contributed by atoms with Gasteiger partial charge in [0.1, 0.15) is 5.78 Å². The molecule has 27 heavy (non-hydrogen) atoms. The van der Waals surface area contributed by atoms with Gasteiger partial charge in [-0.15, -0.1) is 9.35 Å². The van der Waals surface area contributed by atoms with Crippen molar-refractivity contribution < 1.29 is 27.1 Å². The van der Waals surface area contributed by atoms with Gasteiger partial charge in [0, 0.05) is 17.2 Å². The van der Waals surface area contributed by atoms with Gasteiger partial charge in [0.2, 0.25) is 0 Å². The topological polar surface area (TPSA) is 97.8 Å². The Labute approximate surface area is 155 Å². The van der Waals surface area contributed by atoms with E-state index in [1.807, 2.05) is 0 Å². The number of hydrogen-bond acceptors (Lipinski definition) is 6. The van der Waals surface area contributed by atoms with E-state index in [0.717, 1.165) is 6.42 Å². The molecule has 0 radical (unpaired) electrons. The van der Waals surface area contributed by atoms with Crippen LogP contribution in [0.15, 0.2) is 36.4 Å². The van der Waals surface area contributed by atoms with Crippen molar-refractivity contribution in [2.75, 3.05) is 5.75 Å². The number of nitrogens with zero attached hydrogens (tertiary/aromatic N) is 1. The van der Waals surface area contributed by atoms with Crippen LogP contribution in [0.5, 0.6) is 0 Å². The van der Waals surface area contributed by atoms with Gasteiger partial charge in [0.15, 0.2) is 0 Å². The van der Waals surface area contributed by atoms with Crippen LogP contribution in [0.25, 0.3) is 10.8 Å². The van der Waals surface area contributed by atoms with Crippen molar-refractivity contribution in [1.82, 2.24) is 5.06 Å². The van der Waals surface area contributed by atoms with Gasteiger partial charge in [-0.2, -0.15) is 8.42 Å². The monoisotopic (exact) mass is 385 g/mol. The zero-order valence-corrected chi connectivity index (χ0v) is 15.0. The van der Waals surface area contributed by atoms with E-state index >= 15 is 0 Å². The third-order valence-electron chi connectivity index (χ3n) is 6.06. The Kier molecular flexibility index (Phi) is 3.22. The molecule has 1 heterocycles. The fourth-order valence-corrected chi connectivity index (χ4v) is 6.05. The molecule has 7 nitrogen and oxygen atoms in total. The van der Waals surface area contributed by atoms with Crippen LogP contribution in [0.1, 0.15) is 40.0 Å². The number of carbonyl (C=O) groups is 3. The molecule has 2 aromatic rings. The van der Waals surface area contributed by atoms with Crippen molar-refractivity contribution in [2.24, 2.45) is 11.3 Å². The zero-order chi connectivity index (χ0) is 19.0. The van der Waals surface area contributed by atoms with Crippen LogP contribution < -0.4 is 0 Å². The number of amides is 2. The fraction of sp³-hybridized carbons (Fsp3) is 0.316. The molecule has 0 N–H and O–H groups in total. The summed E-state index contributed by atoms with van der Waals surface area (Å²) in [5.41, 5.74) is -0.479. The van der Waals surface area contributed by atoms with E-state index in [1.165, 1.54) is 12.1 Å². The van der Waals surface area contributed by atoms with E-state index in [1.54, 1.807) is 24.3 Å². The van der Waals surface area contributed by atoms with Crippen molar-refractivity contribution in [3.8, 4) is 0 Å². The lowest BCUT2D eigenvalue weighted by molar-refractivity contribution is -0.157. The normalized spacial score (nSPS) is 26.6. The molecule has 1 unspecified atom stereocenters. The van der Waals surface area contributed by atoms with Gasteiger partial charge < -0.3 is 0 Å². The summed E-state index contributed by atoms with van der Waals surface area (Å²) in [5.74, 6) is -2.17. The second-order valence-corrected chi connectivity index (χ2v) is 8.96. The van der Waals surface area contributed by atoms with Gasteiger partial charge >= 0.3 is 0 Å². The summed E-state index contributed by atoms with van der Waals surface area (Å²) in [7, 11) is -4.29. The third kappa shape index (κ3) is 2.17. The predicted molar refractivity (Wildman–Crippen MR) is 94.1 cm³/mol. The number of fused-ring (bicyclic) bond motifs is 1. The first-order valence-corrected chi connectivity index (χ1v) is 10.3. The van der Waals surface area contributed by atoms with Gasteiger partial charge in [-0.05, 0) is 36.3 Å². The summed E-state index contributed by atoms with van der Waals surface area (Å²) in [6, 6.07) is 9.92. The number of ketones is 1. The molecule has 0 saturated heterocycles. The SMILES string of the molecule is O=C1c2cccc3cccc(c23)C(=O)N1OS(=O)(=O)CC12CC[C@@H]1CC2=O. The summed E-state index contributed by atoms with van der Waals surface area (Å²) in [4.78, 5) is 37.4. The molecule has 2 amide bonds. The largest absolute Gasteiger partial charge is 0.299 e. The molecular formula is C19H15NO6S. The lowest BCUT2D eigenvalue weighted by Gasteiger charge is -2.56. The Morgan fingerprint density at radius 3 is 2.15 bits per heavy atom. The van der Waals surface area contributed by atoms with Crippen LogP contribution in [0.4, 0.5) is 0 Å². The van der Waals surface area contributed by atoms with E-state index in [0.29, 0.717) is 28.7 Å². The van der Waals surface area contributed by atoms with Crippen LogP contribution in [-0.2, 0) is 19.2 Å². The highest BCUT2D eigenvalue weighted by atomic mass is 32.2. The Hall–Kier alpha value is -2.58. The van der Waals surface area contributed by atoms with Crippen LogP contribution in [0.3, 0.4) is 0 Å². The molecule has 2 saturated carbocycles. The van der Waals surface area contributed by atoms with Gasteiger partial charge in [-0.1, -0.05) is 24.3 Å². The summed E-state index contributed by atoms with van der Waals surface area (Å²) in [6.45, 7) is 0. The average molecular weight is 385 g/mol. The number of benzene rings is 2. The van der Waals surface area contributed by atoms with Gasteiger partial charge in [-0.3, -0.25) is 14.4 Å². The lowest BCUT2D eigenvalue weighted by atomic mass is 9.48. The molecule has 2 atom stereocenters. The molecule has 0 aromatic heterocycles. The zero-order valence-electron chi connectivity index (χ0n) is 14.2. The van der Waals surface area contributed by atoms with E-state index < -0.39 is 33.1 Å². The quantitative estimate of drug-likeness (QED) is 0.748. The first kappa shape index (κ1) is 16.6. The molecule has 5 rings (SSSR count). The molecule has 1 aliphatic heterocycles. The second kappa shape index (κ2) is 5.24. The number of carbonyl (C=O) groups excluding carboxylic acids is 3. The van der Waals surface area contributed by atoms with Crippen LogP contribution in [0.2, 0.25) is 0 Å². The van der Waals surface area contributed by atoms with Crippen LogP contribution in [0, 0.1) is 11.3 Å². The van der Waals surface area contributed by atoms with Gasteiger partial charge in [0.25, 0.3) is 21.9 Å². The van der Waals surface area contributed by atoms with E-state index in [2.05, 4.69) is 0 Å². The fourth-order valence-electron chi connectivity index (χ4n) is 4.46. The highest BCUT2D eigenvalue weighted by Crippen LogP contribution is 2.59. The molecular weight excluding hydrogens is 370 g/mol. The number of Topliss-reactive ketones (excluding diaryl/α,β-unsaturated/α-hetero) is 1. The van der Waals surface area contributed by atoms with E-state index in [4.69, 9.17) is 4.28 Å². The molecule has 0 spiro atoms. The average Bonchev–Trinajstić information content (AvgIpc) is 2.65. The number of rotatable bonds is 4. The van der Waals surface area contributed by atoms with Crippen molar-refractivity contribution in [3.63, 3.8) is 0 Å². The Morgan fingerprint density at radius 1 is 1.04 bits per heavy atom. The van der Waals surface area contributed by atoms with Crippen molar-refractivity contribution in [3.05, 3.63) is 47.5 Å². The second-order valence-electron chi connectivity index (χ2n) is 7.41. The lowest BCUT2D eigenvalue weighted by Crippen LogP contribution is -2.61. The minimum absolute atomic E-state index is 0.0607. The Morgan fingerprint density at radius 2 is 1.67 bits per heavy atom. The summed E-state index contributed by atoms with van der Waals surface area (Å²) >= 11 is 0. The number of hydrogen-bond donors (Lipinski definition) is 0. The molecule has 3 aliphatic rings. The van der Waals surface area contributed by atoms with Crippen molar-refractivity contribution >= 4 is 38.5 Å². The molecule has 2 fully saturated rings. The summed E-state index contributed by atoms with van der Waals surface area (Å²) in [5, 5.41) is 1.50. The molecule has 2 aliphatic carbocycles. The smallest absolute Gasteiger partial charge is 0.289 e. The highest BCUT2D eigenvalue weighted by molar-refractivity contribution is 7.86. The molecule has 138 valence electrons. The molecule has 8 heteroatoms. The van der Waals surface area contributed by atoms with E-state index in [9.17, 15) is 22.8 Å². The third-order valence-corrected chi connectivity index (χ3v) is 7.31. The summed E-state index contributed by atoms with van der Waals surface area (Å²) < 4.78 is 30.1. The van der Waals surface area contributed by atoms with Gasteiger partial charge in [0.05, 0.1) is 16.9 Å². The minimum atomic E-state index is -4.29. The van der Waals surface area contributed by atoms with E-state index in [-0.39, 0.29) is 22.8 Å². The number of imide groups is 1. The molecule has 2 aromatic carbocycles. The van der Waals surface area contributed by atoms with Gasteiger partial charge in [-0.25, -0.2) is 0 Å².